The van der Waals surface area contributed by atoms with E-state index in [-0.39, 0.29) is 11.9 Å². The zero-order valence-electron chi connectivity index (χ0n) is 17.0. The van der Waals surface area contributed by atoms with Gasteiger partial charge < -0.3 is 9.88 Å². The molecule has 0 radical (unpaired) electrons. The van der Waals surface area contributed by atoms with Crippen LogP contribution in [0.5, 0.6) is 0 Å². The highest BCUT2D eigenvalue weighted by Crippen LogP contribution is 2.26. The van der Waals surface area contributed by atoms with Crippen LogP contribution in [0.1, 0.15) is 63.4 Å². The van der Waals surface area contributed by atoms with Gasteiger partial charge in [-0.3, -0.25) is 4.79 Å². The fourth-order valence-electron chi connectivity index (χ4n) is 3.71. The number of benzene rings is 2. The van der Waals surface area contributed by atoms with Crippen molar-refractivity contribution < 1.29 is 4.79 Å². The van der Waals surface area contributed by atoms with Crippen LogP contribution in [0.2, 0.25) is 0 Å². The maximum absolute atomic E-state index is 11.5. The molecule has 4 nitrogen and oxygen atoms in total. The van der Waals surface area contributed by atoms with Crippen LogP contribution in [0.4, 0.5) is 0 Å². The fourth-order valence-corrected chi connectivity index (χ4v) is 3.71. The molecule has 1 aromatic heterocycles. The van der Waals surface area contributed by atoms with Gasteiger partial charge in [0.2, 0.25) is 5.91 Å². The molecule has 28 heavy (non-hydrogen) atoms. The van der Waals surface area contributed by atoms with E-state index in [1.807, 2.05) is 6.92 Å². The van der Waals surface area contributed by atoms with E-state index in [0.29, 0.717) is 6.42 Å². The first-order chi connectivity index (χ1) is 13.7. The molecule has 2 aromatic carbocycles. The third-order valence-corrected chi connectivity index (χ3v) is 5.21. The van der Waals surface area contributed by atoms with Crippen LogP contribution < -0.4 is 5.32 Å². The number of nitrogens with zero attached hydrogens (tertiary/aromatic N) is 2. The minimum atomic E-state index is 0.168. The first-order valence-electron chi connectivity index (χ1n) is 10.5. The zero-order valence-corrected chi connectivity index (χ0v) is 17.0. The van der Waals surface area contributed by atoms with Crippen molar-refractivity contribution in [2.75, 3.05) is 6.54 Å². The Bertz CT molecular complexity index is 885. The van der Waals surface area contributed by atoms with Crippen molar-refractivity contribution in [2.24, 2.45) is 0 Å². The summed E-state index contributed by atoms with van der Waals surface area (Å²) in [6.07, 6.45) is 5.67. The van der Waals surface area contributed by atoms with Gasteiger partial charge in [0.25, 0.3) is 0 Å². The lowest BCUT2D eigenvalue weighted by molar-refractivity contribution is -0.121. The topological polar surface area (TPSA) is 46.9 Å². The second-order valence-corrected chi connectivity index (χ2v) is 7.38. The first kappa shape index (κ1) is 20.1. The minimum absolute atomic E-state index is 0.168. The maximum Gasteiger partial charge on any atom is 0.219 e. The Hall–Kier alpha value is -2.62. The molecule has 1 atom stereocenters. The molecule has 0 saturated heterocycles. The molecule has 4 heteroatoms. The highest BCUT2D eigenvalue weighted by atomic mass is 16.1. The molecular weight excluding hydrogens is 346 g/mol. The van der Waals surface area contributed by atoms with Gasteiger partial charge in [-0.2, -0.15) is 0 Å². The molecule has 0 bridgehead atoms. The minimum Gasteiger partial charge on any atom is -0.356 e. The van der Waals surface area contributed by atoms with Gasteiger partial charge in [-0.05, 0) is 43.9 Å². The van der Waals surface area contributed by atoms with E-state index in [2.05, 4.69) is 71.4 Å². The molecule has 0 saturated carbocycles. The van der Waals surface area contributed by atoms with Gasteiger partial charge in [0, 0.05) is 19.4 Å². The van der Waals surface area contributed by atoms with Crippen LogP contribution in [0.25, 0.3) is 11.0 Å². The van der Waals surface area contributed by atoms with Crippen molar-refractivity contribution >= 4 is 16.9 Å². The average Bonchev–Trinajstić information content (AvgIpc) is 3.09. The number of rotatable bonds is 10. The molecule has 1 unspecified atom stereocenters. The number of aromatic nitrogens is 2. The zero-order chi connectivity index (χ0) is 19.8. The summed E-state index contributed by atoms with van der Waals surface area (Å²) >= 11 is 0. The van der Waals surface area contributed by atoms with Crippen LogP contribution in [-0.2, 0) is 11.2 Å². The van der Waals surface area contributed by atoms with Gasteiger partial charge in [-0.1, -0.05) is 55.8 Å². The summed E-state index contributed by atoms with van der Waals surface area (Å²) in [7, 11) is 0. The largest absolute Gasteiger partial charge is 0.356 e. The molecule has 0 fully saturated rings. The second kappa shape index (κ2) is 10.1. The molecule has 3 aromatic rings. The van der Waals surface area contributed by atoms with E-state index in [9.17, 15) is 4.79 Å². The number of carbonyl (C=O) groups excluding carboxylic acids is 1. The Balaban J connectivity index is 1.65. The van der Waals surface area contributed by atoms with Crippen molar-refractivity contribution in [3.8, 4) is 0 Å². The number of imidazole rings is 1. The van der Waals surface area contributed by atoms with Gasteiger partial charge in [-0.25, -0.2) is 4.98 Å². The van der Waals surface area contributed by atoms with Crippen LogP contribution in [0.3, 0.4) is 0 Å². The van der Waals surface area contributed by atoms with Gasteiger partial charge in [0.1, 0.15) is 5.82 Å². The highest BCUT2D eigenvalue weighted by molar-refractivity contribution is 5.76. The summed E-state index contributed by atoms with van der Waals surface area (Å²) in [6.45, 7) is 5.05. The fraction of sp³-hybridized carbons (Fsp3) is 0.417. The van der Waals surface area contributed by atoms with Crippen LogP contribution >= 0.6 is 0 Å². The lowest BCUT2D eigenvalue weighted by atomic mass is 10.1. The predicted octanol–water partition coefficient (Wildman–Crippen LogP) is 5.27. The first-order valence-corrected chi connectivity index (χ1v) is 10.5. The van der Waals surface area contributed by atoms with Gasteiger partial charge in [0.15, 0.2) is 0 Å². The standard InChI is InChI=1S/C24H31N3O/c1-3-12-24(28)25-18-11-5-8-17-23-26-21-15-9-10-16-22(21)27(23)19(2)20-13-6-4-7-14-20/h4,6-7,9-10,13-16,19H,3,5,8,11-12,17-18H2,1-2H3,(H,25,28). The molecule has 1 heterocycles. The number of para-hydroxylation sites is 2. The van der Waals surface area contributed by atoms with E-state index in [1.165, 1.54) is 11.1 Å². The maximum atomic E-state index is 11.5. The van der Waals surface area contributed by atoms with Crippen LogP contribution in [0, 0.1) is 0 Å². The summed E-state index contributed by atoms with van der Waals surface area (Å²) in [4.78, 5) is 16.4. The number of hydrogen-bond acceptors (Lipinski definition) is 2. The Kier molecular flexibility index (Phi) is 7.24. The second-order valence-electron chi connectivity index (χ2n) is 7.38. The van der Waals surface area contributed by atoms with Crippen molar-refractivity contribution in [2.45, 2.75) is 58.4 Å². The lowest BCUT2D eigenvalue weighted by Crippen LogP contribution is -2.23. The molecule has 0 spiro atoms. The average molecular weight is 378 g/mol. The SMILES string of the molecule is CCCC(=O)NCCCCCc1nc2ccccc2n1C(C)c1ccccc1. The van der Waals surface area contributed by atoms with E-state index in [0.717, 1.165) is 50.0 Å². The van der Waals surface area contributed by atoms with Crippen molar-refractivity contribution in [3.05, 3.63) is 66.0 Å². The Labute approximate surface area is 168 Å². The molecule has 0 aliphatic rings. The number of nitrogens with one attached hydrogen (secondary N) is 1. The van der Waals surface area contributed by atoms with E-state index in [1.54, 1.807) is 0 Å². The molecule has 0 aliphatic carbocycles. The van der Waals surface area contributed by atoms with Gasteiger partial charge in [-0.15, -0.1) is 0 Å². The number of carbonyl (C=O) groups is 1. The molecule has 0 aliphatic heterocycles. The Morgan fingerprint density at radius 3 is 2.57 bits per heavy atom. The summed E-state index contributed by atoms with van der Waals surface area (Å²) in [5.41, 5.74) is 3.55. The smallest absolute Gasteiger partial charge is 0.219 e. The third kappa shape index (κ3) is 5.00. The Morgan fingerprint density at radius 2 is 1.79 bits per heavy atom. The number of fused-ring (bicyclic) bond motifs is 1. The molecule has 1 amide bonds. The normalized spacial score (nSPS) is 12.2. The van der Waals surface area contributed by atoms with Crippen LogP contribution in [0.15, 0.2) is 54.6 Å². The summed E-state index contributed by atoms with van der Waals surface area (Å²) in [6, 6.07) is 19.3. The molecule has 1 N–H and O–H groups in total. The summed E-state index contributed by atoms with van der Waals surface area (Å²) in [5.74, 6) is 1.31. The van der Waals surface area contributed by atoms with Gasteiger partial charge >= 0.3 is 0 Å². The Morgan fingerprint density at radius 1 is 1.04 bits per heavy atom. The van der Waals surface area contributed by atoms with Crippen molar-refractivity contribution in [1.29, 1.82) is 0 Å². The quantitative estimate of drug-likeness (QED) is 0.489. The molecular formula is C24H31N3O. The predicted molar refractivity (Wildman–Crippen MR) is 115 cm³/mol. The van der Waals surface area contributed by atoms with Crippen molar-refractivity contribution in [3.63, 3.8) is 0 Å². The monoisotopic (exact) mass is 377 g/mol. The third-order valence-electron chi connectivity index (χ3n) is 5.21. The lowest BCUT2D eigenvalue weighted by Gasteiger charge is -2.18. The van der Waals surface area contributed by atoms with Crippen LogP contribution in [-0.4, -0.2) is 22.0 Å². The number of aryl methyl sites for hydroxylation is 1. The number of unbranched alkanes of at least 4 members (excludes halogenated alkanes) is 2. The van der Waals surface area contributed by atoms with E-state index in [4.69, 9.17) is 4.98 Å². The summed E-state index contributed by atoms with van der Waals surface area (Å²) in [5, 5.41) is 3.00. The molecule has 148 valence electrons. The highest BCUT2D eigenvalue weighted by Gasteiger charge is 2.16. The number of hydrogen-bond donors (Lipinski definition) is 1. The van der Waals surface area contributed by atoms with E-state index < -0.39 is 0 Å². The number of amides is 1. The van der Waals surface area contributed by atoms with E-state index >= 15 is 0 Å². The molecule has 3 rings (SSSR count). The van der Waals surface area contributed by atoms with Crippen molar-refractivity contribution in [1.82, 2.24) is 14.9 Å². The summed E-state index contributed by atoms with van der Waals surface area (Å²) < 4.78 is 2.38. The van der Waals surface area contributed by atoms with Gasteiger partial charge in [0.05, 0.1) is 17.1 Å².